The SMILES string of the molecule is Nc1ccc(S(=O)(=O)N2CC[C@@H](O)C2)cc1. The summed E-state index contributed by atoms with van der Waals surface area (Å²) in [6, 6.07) is 6.07. The van der Waals surface area contributed by atoms with E-state index in [0.29, 0.717) is 18.7 Å². The molecular weight excluding hydrogens is 228 g/mol. The van der Waals surface area contributed by atoms with Crippen molar-refractivity contribution in [2.45, 2.75) is 17.4 Å². The summed E-state index contributed by atoms with van der Waals surface area (Å²) in [6.07, 6.45) is -0.0580. The molecule has 0 aromatic heterocycles. The van der Waals surface area contributed by atoms with Gasteiger partial charge in [-0.2, -0.15) is 4.31 Å². The molecule has 2 rings (SSSR count). The molecule has 1 aliphatic heterocycles. The number of benzene rings is 1. The third-order valence-electron chi connectivity index (χ3n) is 2.64. The van der Waals surface area contributed by atoms with Crippen molar-refractivity contribution in [1.29, 1.82) is 0 Å². The van der Waals surface area contributed by atoms with E-state index in [-0.39, 0.29) is 11.4 Å². The predicted octanol–water partition coefficient (Wildman–Crippen LogP) is 0.0241. The second kappa shape index (κ2) is 4.04. The first-order chi connectivity index (χ1) is 7.50. The van der Waals surface area contributed by atoms with E-state index in [1.807, 2.05) is 0 Å². The predicted molar refractivity (Wildman–Crippen MR) is 60.2 cm³/mol. The number of nitrogen functional groups attached to an aromatic ring is 1. The van der Waals surface area contributed by atoms with E-state index in [2.05, 4.69) is 0 Å². The van der Waals surface area contributed by atoms with Gasteiger partial charge in [0.1, 0.15) is 0 Å². The van der Waals surface area contributed by atoms with E-state index in [4.69, 9.17) is 5.73 Å². The van der Waals surface area contributed by atoms with E-state index in [1.165, 1.54) is 16.4 Å². The van der Waals surface area contributed by atoms with Crippen LogP contribution in [-0.4, -0.2) is 37.0 Å². The first kappa shape index (κ1) is 11.4. The van der Waals surface area contributed by atoms with Gasteiger partial charge in [0.25, 0.3) is 0 Å². The molecule has 0 saturated carbocycles. The normalized spacial score (nSPS) is 22.4. The Morgan fingerprint density at radius 3 is 2.44 bits per heavy atom. The van der Waals surface area contributed by atoms with Gasteiger partial charge in [0.2, 0.25) is 10.0 Å². The molecule has 5 nitrogen and oxygen atoms in total. The van der Waals surface area contributed by atoms with Crippen molar-refractivity contribution in [3.8, 4) is 0 Å². The fraction of sp³-hybridized carbons (Fsp3) is 0.400. The number of rotatable bonds is 2. The molecule has 1 saturated heterocycles. The van der Waals surface area contributed by atoms with Crippen molar-refractivity contribution in [1.82, 2.24) is 4.31 Å². The zero-order valence-electron chi connectivity index (χ0n) is 8.70. The van der Waals surface area contributed by atoms with Crippen LogP contribution in [0.1, 0.15) is 6.42 Å². The smallest absolute Gasteiger partial charge is 0.243 e. The van der Waals surface area contributed by atoms with E-state index in [9.17, 15) is 13.5 Å². The molecule has 1 aromatic rings. The van der Waals surface area contributed by atoms with Crippen LogP contribution in [0.2, 0.25) is 0 Å². The van der Waals surface area contributed by atoms with Crippen molar-refractivity contribution >= 4 is 15.7 Å². The Morgan fingerprint density at radius 2 is 1.94 bits per heavy atom. The number of β-amino-alcohol motifs (C(OH)–C–C–N with tert-alkyl or cyclic N) is 1. The van der Waals surface area contributed by atoms with Crippen molar-refractivity contribution < 1.29 is 13.5 Å². The average Bonchev–Trinajstić information content (AvgIpc) is 2.66. The molecule has 0 amide bonds. The van der Waals surface area contributed by atoms with E-state index in [1.54, 1.807) is 12.1 Å². The minimum absolute atomic E-state index is 0.173. The first-order valence-corrected chi connectivity index (χ1v) is 6.48. The summed E-state index contributed by atoms with van der Waals surface area (Å²) >= 11 is 0. The van der Waals surface area contributed by atoms with Crippen molar-refractivity contribution in [2.75, 3.05) is 18.8 Å². The van der Waals surface area contributed by atoms with Crippen molar-refractivity contribution in [2.24, 2.45) is 0 Å². The maximum atomic E-state index is 12.1. The number of sulfonamides is 1. The fourth-order valence-corrected chi connectivity index (χ4v) is 3.21. The minimum atomic E-state index is -3.47. The van der Waals surface area contributed by atoms with Crippen LogP contribution >= 0.6 is 0 Å². The van der Waals surface area contributed by atoms with Gasteiger partial charge in [-0.15, -0.1) is 0 Å². The lowest BCUT2D eigenvalue weighted by molar-refractivity contribution is 0.189. The molecule has 1 aliphatic rings. The first-order valence-electron chi connectivity index (χ1n) is 5.04. The Kier molecular flexibility index (Phi) is 2.88. The van der Waals surface area contributed by atoms with Crippen LogP contribution in [0.5, 0.6) is 0 Å². The Labute approximate surface area is 94.5 Å². The fourth-order valence-electron chi connectivity index (χ4n) is 1.72. The Hall–Kier alpha value is -1.11. The number of anilines is 1. The van der Waals surface area contributed by atoms with Crippen molar-refractivity contribution in [3.05, 3.63) is 24.3 Å². The molecule has 0 bridgehead atoms. The zero-order valence-corrected chi connectivity index (χ0v) is 9.52. The average molecular weight is 242 g/mol. The molecule has 0 unspecified atom stereocenters. The highest BCUT2D eigenvalue weighted by Gasteiger charge is 2.31. The highest BCUT2D eigenvalue weighted by atomic mass is 32.2. The number of nitrogens with zero attached hydrogens (tertiary/aromatic N) is 1. The molecule has 0 radical (unpaired) electrons. The minimum Gasteiger partial charge on any atom is -0.399 e. The lowest BCUT2D eigenvalue weighted by atomic mass is 10.3. The highest BCUT2D eigenvalue weighted by molar-refractivity contribution is 7.89. The molecule has 6 heteroatoms. The number of nitrogens with two attached hydrogens (primary N) is 1. The third-order valence-corrected chi connectivity index (χ3v) is 4.52. The second-order valence-electron chi connectivity index (χ2n) is 3.87. The third kappa shape index (κ3) is 2.04. The van der Waals surface area contributed by atoms with Gasteiger partial charge in [0, 0.05) is 18.8 Å². The second-order valence-corrected chi connectivity index (χ2v) is 5.81. The monoisotopic (exact) mass is 242 g/mol. The lowest BCUT2D eigenvalue weighted by Gasteiger charge is -2.15. The summed E-state index contributed by atoms with van der Waals surface area (Å²) in [5, 5.41) is 9.33. The van der Waals surface area contributed by atoms with E-state index in [0.717, 1.165) is 0 Å². The van der Waals surface area contributed by atoms with E-state index >= 15 is 0 Å². The van der Waals surface area contributed by atoms with Crippen LogP contribution in [0.4, 0.5) is 5.69 Å². The Balaban J connectivity index is 2.29. The molecule has 1 heterocycles. The van der Waals surface area contributed by atoms with Gasteiger partial charge in [0.05, 0.1) is 11.0 Å². The molecule has 16 heavy (non-hydrogen) atoms. The standard InChI is InChI=1S/C10H14N2O3S/c11-8-1-3-10(4-2-8)16(14,15)12-6-5-9(13)7-12/h1-4,9,13H,5-7,11H2/t9-/m1/s1. The largest absolute Gasteiger partial charge is 0.399 e. The zero-order chi connectivity index (χ0) is 11.8. The van der Waals surface area contributed by atoms with Crippen LogP contribution in [0.3, 0.4) is 0 Å². The summed E-state index contributed by atoms with van der Waals surface area (Å²) in [4.78, 5) is 0.218. The van der Waals surface area contributed by atoms with Gasteiger partial charge in [0.15, 0.2) is 0 Å². The molecule has 88 valence electrons. The summed E-state index contributed by atoms with van der Waals surface area (Å²) in [5.74, 6) is 0. The highest BCUT2D eigenvalue weighted by Crippen LogP contribution is 2.21. The van der Waals surface area contributed by atoms with Crippen LogP contribution in [-0.2, 0) is 10.0 Å². The molecular formula is C10H14N2O3S. The van der Waals surface area contributed by atoms with Gasteiger partial charge < -0.3 is 10.8 Å². The molecule has 1 atom stereocenters. The number of aliphatic hydroxyl groups is 1. The van der Waals surface area contributed by atoms with Crippen molar-refractivity contribution in [3.63, 3.8) is 0 Å². The van der Waals surface area contributed by atoms with Gasteiger partial charge in [-0.1, -0.05) is 0 Å². The molecule has 0 spiro atoms. The van der Waals surface area contributed by atoms with Crippen LogP contribution in [0.25, 0.3) is 0 Å². The maximum absolute atomic E-state index is 12.1. The summed E-state index contributed by atoms with van der Waals surface area (Å²) in [7, 11) is -3.47. The molecule has 1 aromatic carbocycles. The van der Waals surface area contributed by atoms with Crippen LogP contribution in [0.15, 0.2) is 29.2 Å². The van der Waals surface area contributed by atoms with E-state index < -0.39 is 16.1 Å². The Morgan fingerprint density at radius 1 is 1.31 bits per heavy atom. The van der Waals surface area contributed by atoms with Gasteiger partial charge in [-0.3, -0.25) is 0 Å². The number of aliphatic hydroxyl groups excluding tert-OH is 1. The quantitative estimate of drug-likeness (QED) is 0.716. The topological polar surface area (TPSA) is 83.6 Å². The summed E-state index contributed by atoms with van der Waals surface area (Å²) < 4.78 is 25.4. The number of hydrogen-bond acceptors (Lipinski definition) is 4. The molecule has 3 N–H and O–H groups in total. The maximum Gasteiger partial charge on any atom is 0.243 e. The summed E-state index contributed by atoms with van der Waals surface area (Å²) in [5.41, 5.74) is 6.03. The lowest BCUT2D eigenvalue weighted by Crippen LogP contribution is -2.29. The molecule has 0 aliphatic carbocycles. The van der Waals surface area contributed by atoms with Gasteiger partial charge in [-0.25, -0.2) is 8.42 Å². The van der Waals surface area contributed by atoms with Gasteiger partial charge in [-0.05, 0) is 30.7 Å². The number of hydrogen-bond donors (Lipinski definition) is 2. The Bertz CT molecular complexity index is 469. The molecule has 1 fully saturated rings. The van der Waals surface area contributed by atoms with Crippen LogP contribution in [0, 0.1) is 0 Å². The van der Waals surface area contributed by atoms with Crippen LogP contribution < -0.4 is 5.73 Å². The van der Waals surface area contributed by atoms with Gasteiger partial charge >= 0.3 is 0 Å². The summed E-state index contributed by atoms with van der Waals surface area (Å²) in [6.45, 7) is 0.542.